The van der Waals surface area contributed by atoms with Crippen LogP contribution in [0.25, 0.3) is 0 Å². The zero-order valence-electron chi connectivity index (χ0n) is 14.9. The van der Waals surface area contributed by atoms with Gasteiger partial charge in [-0.2, -0.15) is 0 Å². The highest BCUT2D eigenvalue weighted by atomic mass is 35.5. The molecule has 0 saturated heterocycles. The van der Waals surface area contributed by atoms with E-state index in [9.17, 15) is 13.2 Å². The monoisotopic (exact) mass is 451 g/mol. The highest BCUT2D eigenvalue weighted by Gasteiger charge is 2.33. The van der Waals surface area contributed by atoms with Gasteiger partial charge in [0.1, 0.15) is 0 Å². The number of fused-ring (bicyclic) bond motifs is 1. The predicted molar refractivity (Wildman–Crippen MR) is 114 cm³/mol. The van der Waals surface area contributed by atoms with E-state index in [-0.39, 0.29) is 29.0 Å². The molecule has 8 heteroatoms. The molecule has 0 unspecified atom stereocenters. The SMILES string of the molecule is O=C(CCS(=O)(=O)c1ccc(Cl)cc1)N1CCc2sccc2[C@@H]1c1cccs1. The lowest BCUT2D eigenvalue weighted by Crippen LogP contribution is -2.40. The van der Waals surface area contributed by atoms with E-state index < -0.39 is 9.84 Å². The Morgan fingerprint density at radius 3 is 2.61 bits per heavy atom. The quantitative estimate of drug-likeness (QED) is 0.559. The molecule has 2 aromatic heterocycles. The Labute approximate surface area is 177 Å². The Bertz CT molecular complexity index is 1070. The summed E-state index contributed by atoms with van der Waals surface area (Å²) in [5.41, 5.74) is 1.16. The van der Waals surface area contributed by atoms with E-state index in [1.807, 2.05) is 22.4 Å². The molecule has 0 saturated carbocycles. The first kappa shape index (κ1) is 19.6. The molecule has 4 rings (SSSR count). The Balaban J connectivity index is 1.53. The summed E-state index contributed by atoms with van der Waals surface area (Å²) in [7, 11) is -3.53. The number of hydrogen-bond acceptors (Lipinski definition) is 5. The molecule has 4 nitrogen and oxygen atoms in total. The maximum absolute atomic E-state index is 13.0. The van der Waals surface area contributed by atoms with Gasteiger partial charge in [-0.3, -0.25) is 4.79 Å². The number of carbonyl (C=O) groups excluding carboxylic acids is 1. The van der Waals surface area contributed by atoms with Crippen molar-refractivity contribution >= 4 is 50.0 Å². The topological polar surface area (TPSA) is 54.5 Å². The maximum atomic E-state index is 13.0. The van der Waals surface area contributed by atoms with E-state index in [4.69, 9.17) is 11.6 Å². The van der Waals surface area contributed by atoms with E-state index >= 15 is 0 Å². The summed E-state index contributed by atoms with van der Waals surface area (Å²) in [6.07, 6.45) is 0.775. The molecule has 0 N–H and O–H groups in total. The molecule has 0 fully saturated rings. The Hall–Kier alpha value is -1.67. The maximum Gasteiger partial charge on any atom is 0.224 e. The van der Waals surface area contributed by atoms with Crippen LogP contribution in [0.4, 0.5) is 0 Å². The van der Waals surface area contributed by atoms with E-state index in [0.29, 0.717) is 11.6 Å². The Morgan fingerprint density at radius 1 is 1.11 bits per heavy atom. The fourth-order valence-corrected chi connectivity index (χ4v) is 6.58. The van der Waals surface area contributed by atoms with E-state index in [0.717, 1.165) is 16.9 Å². The molecule has 0 aliphatic carbocycles. The minimum atomic E-state index is -3.53. The number of carbonyl (C=O) groups is 1. The summed E-state index contributed by atoms with van der Waals surface area (Å²) in [5, 5.41) is 4.54. The van der Waals surface area contributed by atoms with Crippen molar-refractivity contribution in [1.82, 2.24) is 4.90 Å². The number of hydrogen-bond donors (Lipinski definition) is 0. The molecule has 1 amide bonds. The number of halogens is 1. The van der Waals surface area contributed by atoms with Gasteiger partial charge in [-0.1, -0.05) is 17.7 Å². The average molecular weight is 452 g/mol. The fraction of sp³-hybridized carbons (Fsp3) is 0.250. The van der Waals surface area contributed by atoms with Crippen molar-refractivity contribution in [2.24, 2.45) is 0 Å². The van der Waals surface area contributed by atoms with Crippen LogP contribution in [-0.4, -0.2) is 31.5 Å². The van der Waals surface area contributed by atoms with Gasteiger partial charge in [0.2, 0.25) is 5.91 Å². The third-order valence-electron chi connectivity index (χ3n) is 4.86. The van der Waals surface area contributed by atoms with E-state index in [1.54, 1.807) is 34.8 Å². The highest BCUT2D eigenvalue weighted by Crippen LogP contribution is 2.39. The Morgan fingerprint density at radius 2 is 1.89 bits per heavy atom. The van der Waals surface area contributed by atoms with Crippen LogP contribution in [0.15, 0.2) is 58.1 Å². The molecule has 3 heterocycles. The smallest absolute Gasteiger partial charge is 0.224 e. The number of sulfone groups is 1. The molecule has 3 aromatic rings. The van der Waals surface area contributed by atoms with Crippen LogP contribution in [0.2, 0.25) is 5.02 Å². The molecule has 1 atom stereocenters. The van der Waals surface area contributed by atoms with Crippen molar-refractivity contribution in [2.75, 3.05) is 12.3 Å². The highest BCUT2D eigenvalue weighted by molar-refractivity contribution is 7.91. The van der Waals surface area contributed by atoms with Crippen LogP contribution in [0.1, 0.15) is 27.8 Å². The van der Waals surface area contributed by atoms with Gasteiger partial charge in [-0.25, -0.2) is 8.42 Å². The lowest BCUT2D eigenvalue weighted by atomic mass is 9.98. The van der Waals surface area contributed by atoms with Gasteiger partial charge in [-0.05, 0) is 59.1 Å². The molecule has 1 aliphatic heterocycles. The standard InChI is InChI=1S/C20H18ClNO3S3/c21-14-3-5-15(6-4-14)28(24,25)13-9-19(23)22-10-7-17-16(8-12-27-17)20(22)18-2-1-11-26-18/h1-6,8,11-12,20H,7,9-10,13H2/t20-/m1/s1. The van der Waals surface area contributed by atoms with Crippen molar-refractivity contribution < 1.29 is 13.2 Å². The number of nitrogens with zero attached hydrogens (tertiary/aromatic N) is 1. The summed E-state index contributed by atoms with van der Waals surface area (Å²) in [6.45, 7) is 0.607. The molecule has 146 valence electrons. The normalized spacial score (nSPS) is 16.8. The molecule has 0 bridgehead atoms. The second-order valence-electron chi connectivity index (χ2n) is 6.58. The summed E-state index contributed by atoms with van der Waals surface area (Å²) >= 11 is 9.17. The van der Waals surface area contributed by atoms with Crippen molar-refractivity contribution in [1.29, 1.82) is 0 Å². The molecule has 0 radical (unpaired) electrons. The summed E-state index contributed by atoms with van der Waals surface area (Å²) < 4.78 is 25.2. The van der Waals surface area contributed by atoms with Gasteiger partial charge in [0, 0.05) is 27.7 Å². The van der Waals surface area contributed by atoms with Gasteiger partial charge < -0.3 is 4.90 Å². The summed E-state index contributed by atoms with van der Waals surface area (Å²) in [5.74, 6) is -0.342. The number of amides is 1. The Kier molecular flexibility index (Phi) is 5.60. The second-order valence-corrected chi connectivity index (χ2v) is 11.1. The van der Waals surface area contributed by atoms with Crippen molar-refractivity contribution in [3.8, 4) is 0 Å². The second kappa shape index (κ2) is 7.99. The van der Waals surface area contributed by atoms with E-state index in [1.165, 1.54) is 17.0 Å². The van der Waals surface area contributed by atoms with Crippen molar-refractivity contribution in [3.63, 3.8) is 0 Å². The molecule has 1 aliphatic rings. The zero-order chi connectivity index (χ0) is 19.7. The molecular weight excluding hydrogens is 434 g/mol. The zero-order valence-corrected chi connectivity index (χ0v) is 18.1. The van der Waals surface area contributed by atoms with Gasteiger partial charge in [-0.15, -0.1) is 22.7 Å². The minimum absolute atomic E-state index is 0.0354. The van der Waals surface area contributed by atoms with Crippen molar-refractivity contribution in [2.45, 2.75) is 23.8 Å². The predicted octanol–water partition coefficient (Wildman–Crippen LogP) is 4.80. The van der Waals surface area contributed by atoms with Gasteiger partial charge in [0.25, 0.3) is 0 Å². The molecule has 1 aromatic carbocycles. The number of benzene rings is 1. The fourth-order valence-electron chi connectivity index (χ4n) is 3.46. The van der Waals surface area contributed by atoms with Crippen LogP contribution in [-0.2, 0) is 21.1 Å². The van der Waals surface area contributed by atoms with Crippen LogP contribution < -0.4 is 0 Å². The van der Waals surface area contributed by atoms with E-state index in [2.05, 4.69) is 11.4 Å². The van der Waals surface area contributed by atoms with Crippen LogP contribution in [0.5, 0.6) is 0 Å². The lowest BCUT2D eigenvalue weighted by molar-refractivity contribution is -0.132. The largest absolute Gasteiger partial charge is 0.330 e. The molecule has 28 heavy (non-hydrogen) atoms. The number of thiophene rings is 2. The first-order valence-electron chi connectivity index (χ1n) is 8.83. The van der Waals surface area contributed by atoms with Crippen molar-refractivity contribution in [3.05, 3.63) is 73.6 Å². The minimum Gasteiger partial charge on any atom is -0.330 e. The van der Waals surface area contributed by atoms with Gasteiger partial charge in [0.05, 0.1) is 16.7 Å². The first-order valence-corrected chi connectivity index (χ1v) is 12.6. The molecular formula is C20H18ClNO3S3. The third-order valence-corrected chi connectivity index (χ3v) is 8.76. The third kappa shape index (κ3) is 3.89. The lowest BCUT2D eigenvalue weighted by Gasteiger charge is -2.35. The average Bonchev–Trinajstić information content (AvgIpc) is 3.37. The van der Waals surface area contributed by atoms with Gasteiger partial charge in [0.15, 0.2) is 9.84 Å². The van der Waals surface area contributed by atoms with Gasteiger partial charge >= 0.3 is 0 Å². The van der Waals surface area contributed by atoms with Crippen LogP contribution in [0.3, 0.4) is 0 Å². The van der Waals surface area contributed by atoms with Crippen LogP contribution >= 0.6 is 34.3 Å². The summed E-state index contributed by atoms with van der Waals surface area (Å²) in [6, 6.07) is 12.0. The van der Waals surface area contributed by atoms with Crippen LogP contribution in [0, 0.1) is 0 Å². The number of rotatable bonds is 5. The first-order chi connectivity index (χ1) is 13.5. The summed E-state index contributed by atoms with van der Waals surface area (Å²) in [4.78, 5) is 17.4. The molecule has 0 spiro atoms.